The second-order valence-corrected chi connectivity index (χ2v) is 7.24. The average Bonchev–Trinajstić information content (AvgIpc) is 2.86. The van der Waals surface area contributed by atoms with E-state index in [0.29, 0.717) is 30.1 Å². The van der Waals surface area contributed by atoms with E-state index in [-0.39, 0.29) is 11.7 Å². The molecular weight excluding hydrogens is 323 g/mol. The molecule has 1 aliphatic rings. The Hall–Kier alpha value is -1.55. The number of benzene rings is 1. The number of piperidine rings is 1. The lowest BCUT2D eigenvalue weighted by Crippen LogP contribution is -2.42. The zero-order valence-corrected chi connectivity index (χ0v) is 13.4. The van der Waals surface area contributed by atoms with Gasteiger partial charge in [-0.05, 0) is 37.4 Å². The summed E-state index contributed by atoms with van der Waals surface area (Å²) in [5, 5.41) is 4.96. The number of hydrogen-bond donors (Lipinski definition) is 2. The van der Waals surface area contributed by atoms with Gasteiger partial charge in [-0.3, -0.25) is 4.90 Å². The lowest BCUT2D eigenvalue weighted by Gasteiger charge is -2.31. The van der Waals surface area contributed by atoms with Crippen LogP contribution in [0.3, 0.4) is 0 Å². The number of hydrogen-bond acceptors (Lipinski definition) is 5. The van der Waals surface area contributed by atoms with Crippen molar-refractivity contribution in [1.29, 1.82) is 0 Å². The minimum Gasteiger partial charge on any atom is -0.439 e. The summed E-state index contributed by atoms with van der Waals surface area (Å²) in [5.74, 6) is 0.377. The van der Waals surface area contributed by atoms with E-state index in [9.17, 15) is 12.8 Å². The molecule has 126 valence electrons. The molecule has 0 spiro atoms. The molecule has 3 rings (SSSR count). The summed E-state index contributed by atoms with van der Waals surface area (Å²) < 4.78 is 43.0. The van der Waals surface area contributed by atoms with Crippen LogP contribution in [-0.2, 0) is 16.8 Å². The van der Waals surface area contributed by atoms with E-state index >= 15 is 0 Å². The largest absolute Gasteiger partial charge is 0.439 e. The van der Waals surface area contributed by atoms with Crippen molar-refractivity contribution >= 4 is 21.3 Å². The van der Waals surface area contributed by atoms with Crippen molar-refractivity contribution in [2.24, 2.45) is 11.1 Å². The summed E-state index contributed by atoms with van der Waals surface area (Å²) >= 11 is 0. The van der Waals surface area contributed by atoms with E-state index in [0.717, 1.165) is 25.9 Å². The van der Waals surface area contributed by atoms with Gasteiger partial charge in [-0.2, -0.15) is 8.42 Å². The number of nitrogens with two attached hydrogens (primary N) is 1. The van der Waals surface area contributed by atoms with Crippen LogP contribution in [-0.4, -0.2) is 37.9 Å². The average molecular weight is 342 g/mol. The monoisotopic (exact) mass is 342 g/mol. The number of rotatable bonds is 5. The zero-order chi connectivity index (χ0) is 16.4. The number of nitrogens with one attached hydrogen (secondary N) is 1. The van der Waals surface area contributed by atoms with Crippen molar-refractivity contribution < 1.29 is 17.2 Å². The van der Waals surface area contributed by atoms with Crippen LogP contribution in [0.25, 0.3) is 11.1 Å². The number of aromatic nitrogens is 1. The van der Waals surface area contributed by atoms with Crippen molar-refractivity contribution in [2.45, 2.75) is 19.4 Å². The molecule has 23 heavy (non-hydrogen) atoms. The maximum absolute atomic E-state index is 13.2. The Kier molecular flexibility index (Phi) is 4.62. The van der Waals surface area contributed by atoms with Gasteiger partial charge in [0.15, 0.2) is 5.58 Å². The quantitative estimate of drug-likeness (QED) is 0.843. The zero-order valence-electron chi connectivity index (χ0n) is 12.5. The van der Waals surface area contributed by atoms with Crippen LogP contribution in [0.4, 0.5) is 4.39 Å². The smallest absolute Gasteiger partial charge is 0.274 e. The molecule has 1 atom stereocenters. The Bertz CT molecular complexity index is 792. The van der Waals surface area contributed by atoms with E-state index in [2.05, 4.69) is 14.6 Å². The van der Waals surface area contributed by atoms with Crippen molar-refractivity contribution in [2.75, 3.05) is 19.6 Å². The van der Waals surface area contributed by atoms with Crippen LogP contribution >= 0.6 is 0 Å². The Balaban J connectivity index is 1.62. The number of nitrogens with zero attached hydrogens (tertiary/aromatic N) is 2. The second kappa shape index (κ2) is 6.52. The van der Waals surface area contributed by atoms with Crippen LogP contribution < -0.4 is 9.86 Å². The van der Waals surface area contributed by atoms with E-state index in [1.807, 2.05) is 0 Å². The molecule has 0 aliphatic carbocycles. The first-order valence-electron chi connectivity index (χ1n) is 7.44. The van der Waals surface area contributed by atoms with Crippen LogP contribution in [0, 0.1) is 11.7 Å². The molecule has 1 aliphatic heterocycles. The van der Waals surface area contributed by atoms with Gasteiger partial charge in [0.2, 0.25) is 5.89 Å². The summed E-state index contributed by atoms with van der Waals surface area (Å²) in [6.45, 7) is 2.46. The molecule has 0 bridgehead atoms. The minimum atomic E-state index is -3.66. The lowest BCUT2D eigenvalue weighted by molar-refractivity contribution is 0.157. The fourth-order valence-corrected chi connectivity index (χ4v) is 3.37. The molecule has 1 saturated heterocycles. The summed E-state index contributed by atoms with van der Waals surface area (Å²) in [4.78, 5) is 6.50. The normalized spacial score (nSPS) is 20.2. The molecule has 0 radical (unpaired) electrons. The third kappa shape index (κ3) is 4.47. The lowest BCUT2D eigenvalue weighted by atomic mass is 9.98. The molecule has 7 nitrogen and oxygen atoms in total. The highest BCUT2D eigenvalue weighted by atomic mass is 32.2. The van der Waals surface area contributed by atoms with E-state index in [1.165, 1.54) is 12.1 Å². The van der Waals surface area contributed by atoms with Gasteiger partial charge in [0.1, 0.15) is 11.3 Å². The van der Waals surface area contributed by atoms with E-state index in [1.54, 1.807) is 6.07 Å². The van der Waals surface area contributed by atoms with Crippen molar-refractivity contribution in [3.63, 3.8) is 0 Å². The van der Waals surface area contributed by atoms with Gasteiger partial charge >= 0.3 is 0 Å². The molecule has 1 fully saturated rings. The highest BCUT2D eigenvalue weighted by molar-refractivity contribution is 7.87. The van der Waals surface area contributed by atoms with Gasteiger partial charge in [-0.25, -0.2) is 19.2 Å². The number of oxazole rings is 1. The summed E-state index contributed by atoms with van der Waals surface area (Å²) in [5.41, 5.74) is 1.07. The summed E-state index contributed by atoms with van der Waals surface area (Å²) in [6, 6.07) is 4.26. The van der Waals surface area contributed by atoms with Crippen molar-refractivity contribution in [3.05, 3.63) is 29.9 Å². The fraction of sp³-hybridized carbons (Fsp3) is 0.500. The highest BCUT2D eigenvalue weighted by Crippen LogP contribution is 2.21. The van der Waals surface area contributed by atoms with Gasteiger partial charge in [-0.1, -0.05) is 0 Å². The molecule has 2 heterocycles. The van der Waals surface area contributed by atoms with Gasteiger partial charge in [-0.15, -0.1) is 0 Å². The van der Waals surface area contributed by atoms with Crippen molar-refractivity contribution in [3.8, 4) is 0 Å². The first-order valence-corrected chi connectivity index (χ1v) is 8.98. The predicted molar refractivity (Wildman–Crippen MR) is 83.1 cm³/mol. The van der Waals surface area contributed by atoms with Crippen molar-refractivity contribution in [1.82, 2.24) is 14.6 Å². The molecule has 3 N–H and O–H groups in total. The molecular formula is C14H19FN4O3S. The number of likely N-dealkylation sites (tertiary alicyclic amines) is 1. The maximum atomic E-state index is 13.2. The molecule has 0 saturated carbocycles. The SMILES string of the molecule is NS(=O)(=O)NC[C@@H]1CCCN(Cc2nc3ccc(F)cc3o2)C1. The Labute approximate surface area is 133 Å². The third-order valence-electron chi connectivity index (χ3n) is 3.93. The van der Waals surface area contributed by atoms with E-state index in [4.69, 9.17) is 9.56 Å². The third-order valence-corrected chi connectivity index (χ3v) is 4.50. The summed E-state index contributed by atoms with van der Waals surface area (Å²) in [6.07, 6.45) is 1.91. The van der Waals surface area contributed by atoms with Gasteiger partial charge in [0.25, 0.3) is 10.2 Å². The van der Waals surface area contributed by atoms with Gasteiger partial charge in [0.05, 0.1) is 6.54 Å². The van der Waals surface area contributed by atoms with Crippen LogP contribution in [0.15, 0.2) is 22.6 Å². The van der Waals surface area contributed by atoms with Crippen LogP contribution in [0.5, 0.6) is 0 Å². The first kappa shape index (κ1) is 16.3. The molecule has 0 unspecified atom stereocenters. The fourth-order valence-electron chi connectivity index (χ4n) is 2.90. The first-order chi connectivity index (χ1) is 10.9. The summed E-state index contributed by atoms with van der Waals surface area (Å²) in [7, 11) is -3.66. The Morgan fingerprint density at radius 1 is 1.48 bits per heavy atom. The minimum absolute atomic E-state index is 0.198. The number of halogens is 1. The molecule has 0 amide bonds. The molecule has 9 heteroatoms. The maximum Gasteiger partial charge on any atom is 0.274 e. The molecule has 2 aromatic rings. The second-order valence-electron chi connectivity index (χ2n) is 5.86. The standard InChI is InChI=1S/C14H19FN4O3S/c15-11-3-4-12-13(6-11)22-14(18-12)9-19-5-1-2-10(8-19)7-17-23(16,20)21/h3-4,6,10,17H,1-2,5,7-9H2,(H2,16,20,21)/t10-/m0/s1. The Morgan fingerprint density at radius 3 is 3.09 bits per heavy atom. The predicted octanol–water partition coefficient (Wildman–Crippen LogP) is 0.972. The topological polar surface area (TPSA) is 101 Å². The molecule has 1 aromatic carbocycles. The Morgan fingerprint density at radius 2 is 2.30 bits per heavy atom. The number of fused-ring (bicyclic) bond motifs is 1. The van der Waals surface area contributed by atoms with E-state index < -0.39 is 10.2 Å². The van der Waals surface area contributed by atoms with Crippen LogP contribution in [0.1, 0.15) is 18.7 Å². The molecule has 1 aromatic heterocycles. The van der Waals surface area contributed by atoms with Crippen LogP contribution in [0.2, 0.25) is 0 Å². The highest BCUT2D eigenvalue weighted by Gasteiger charge is 2.22. The van der Waals surface area contributed by atoms with Gasteiger partial charge < -0.3 is 4.42 Å². The van der Waals surface area contributed by atoms with Gasteiger partial charge in [0, 0.05) is 19.2 Å².